The predicted octanol–water partition coefficient (Wildman–Crippen LogP) is 1.08. The molecule has 0 aliphatic carbocycles. The number of rotatable bonds is 8. The van der Waals surface area contributed by atoms with E-state index in [4.69, 9.17) is 5.73 Å². The molecule has 1 fully saturated rings. The quantitative estimate of drug-likeness (QED) is 0.700. The molecule has 0 spiro atoms. The van der Waals surface area contributed by atoms with Gasteiger partial charge in [0, 0.05) is 12.1 Å². The van der Waals surface area contributed by atoms with E-state index in [1.54, 1.807) is 4.68 Å². The molecule has 0 radical (unpaired) electrons. The van der Waals surface area contributed by atoms with E-state index in [-0.39, 0.29) is 12.0 Å². The third-order valence-electron chi connectivity index (χ3n) is 4.24. The predicted molar refractivity (Wildman–Crippen MR) is 81.9 cm³/mol. The normalized spacial score (nSPS) is 17.8. The van der Waals surface area contributed by atoms with Gasteiger partial charge in [-0.1, -0.05) is 12.1 Å². The van der Waals surface area contributed by atoms with Crippen molar-refractivity contribution in [1.82, 2.24) is 20.3 Å². The fourth-order valence-electron chi connectivity index (χ4n) is 2.89. The molecule has 6 heteroatoms. The molecule has 2 heterocycles. The van der Waals surface area contributed by atoms with Crippen molar-refractivity contribution < 1.29 is 4.79 Å². The summed E-state index contributed by atoms with van der Waals surface area (Å²) in [5.41, 5.74) is 6.51. The summed E-state index contributed by atoms with van der Waals surface area (Å²) in [5, 5.41) is 11.6. The van der Waals surface area contributed by atoms with Crippen LogP contribution in [0.1, 0.15) is 50.8 Å². The van der Waals surface area contributed by atoms with E-state index >= 15 is 0 Å². The van der Waals surface area contributed by atoms with Gasteiger partial charge in [0.1, 0.15) is 6.04 Å². The molecule has 0 amide bonds. The molecule has 1 atom stereocenters. The fraction of sp³-hybridized carbons (Fsp3) is 0.800. The third kappa shape index (κ3) is 4.35. The Hall–Kier alpha value is -1.27. The molecule has 0 aromatic carbocycles. The van der Waals surface area contributed by atoms with Gasteiger partial charge in [0.25, 0.3) is 0 Å². The smallest absolute Gasteiger partial charge is 0.160 e. The fourth-order valence-corrected chi connectivity index (χ4v) is 2.89. The number of unbranched alkanes of at least 4 members (excludes halogenated alkanes) is 1. The molecule has 1 saturated heterocycles. The number of carbonyl (C=O) groups is 1. The highest BCUT2D eigenvalue weighted by Crippen LogP contribution is 2.24. The van der Waals surface area contributed by atoms with Gasteiger partial charge in [-0.15, -0.1) is 5.10 Å². The molecule has 2 rings (SSSR count). The van der Waals surface area contributed by atoms with Crippen molar-refractivity contribution in [3.63, 3.8) is 0 Å². The first-order valence-electron chi connectivity index (χ1n) is 8.11. The molecule has 0 bridgehead atoms. The van der Waals surface area contributed by atoms with Crippen LogP contribution in [0.5, 0.6) is 0 Å². The maximum absolute atomic E-state index is 12.8. The van der Waals surface area contributed by atoms with Crippen LogP contribution in [0.25, 0.3) is 0 Å². The lowest BCUT2D eigenvalue weighted by molar-refractivity contribution is -0.127. The van der Waals surface area contributed by atoms with Gasteiger partial charge in [0.15, 0.2) is 5.78 Å². The monoisotopic (exact) mass is 293 g/mol. The molecule has 118 valence electrons. The van der Waals surface area contributed by atoms with Gasteiger partial charge in [0.2, 0.25) is 0 Å². The van der Waals surface area contributed by atoms with E-state index in [0.29, 0.717) is 12.3 Å². The number of hydrogen-bond acceptors (Lipinski definition) is 5. The summed E-state index contributed by atoms with van der Waals surface area (Å²) in [6.45, 7) is 4.59. The summed E-state index contributed by atoms with van der Waals surface area (Å²) < 4.78 is 1.78. The first kappa shape index (κ1) is 16.1. The van der Waals surface area contributed by atoms with Gasteiger partial charge in [-0.25, -0.2) is 4.68 Å². The van der Waals surface area contributed by atoms with Crippen LogP contribution in [0.15, 0.2) is 6.20 Å². The molecule has 0 saturated carbocycles. The van der Waals surface area contributed by atoms with Gasteiger partial charge in [-0.3, -0.25) is 4.79 Å². The van der Waals surface area contributed by atoms with Crippen molar-refractivity contribution in [1.29, 1.82) is 0 Å². The highest BCUT2D eigenvalue weighted by atomic mass is 16.1. The van der Waals surface area contributed by atoms with E-state index in [2.05, 4.69) is 15.6 Å². The third-order valence-corrected chi connectivity index (χ3v) is 4.24. The summed E-state index contributed by atoms with van der Waals surface area (Å²) >= 11 is 0. The van der Waals surface area contributed by atoms with Crippen LogP contribution >= 0.6 is 0 Å². The summed E-state index contributed by atoms with van der Waals surface area (Å²) in [7, 11) is 0. The second-order valence-electron chi connectivity index (χ2n) is 5.77. The number of nitrogens with two attached hydrogens (primary N) is 1. The Bertz CT molecular complexity index is 439. The summed E-state index contributed by atoms with van der Waals surface area (Å²) in [4.78, 5) is 12.8. The molecule has 1 aliphatic rings. The lowest BCUT2D eigenvalue weighted by Crippen LogP contribution is -2.35. The maximum atomic E-state index is 12.8. The zero-order chi connectivity index (χ0) is 15.1. The van der Waals surface area contributed by atoms with Gasteiger partial charge in [-0.2, -0.15) is 0 Å². The topological polar surface area (TPSA) is 85.8 Å². The zero-order valence-electron chi connectivity index (χ0n) is 12.9. The molecular weight excluding hydrogens is 266 g/mol. The van der Waals surface area contributed by atoms with Crippen LogP contribution in [0.4, 0.5) is 0 Å². The zero-order valence-corrected chi connectivity index (χ0v) is 12.9. The van der Waals surface area contributed by atoms with Gasteiger partial charge >= 0.3 is 0 Å². The van der Waals surface area contributed by atoms with Crippen LogP contribution in [0.2, 0.25) is 0 Å². The molecule has 1 aromatic rings. The van der Waals surface area contributed by atoms with E-state index in [1.807, 2.05) is 13.1 Å². The number of carbonyl (C=O) groups excluding carboxylic acids is 1. The van der Waals surface area contributed by atoms with Crippen LogP contribution in [0, 0.1) is 5.92 Å². The number of hydrogen-bond donors (Lipinski definition) is 2. The number of piperidine rings is 1. The minimum Gasteiger partial charge on any atom is -0.330 e. The molecule has 1 aliphatic heterocycles. The average Bonchev–Trinajstić information content (AvgIpc) is 3.00. The average molecular weight is 293 g/mol. The number of aryl methyl sites for hydroxylation is 1. The SMILES string of the molecule is CCc1cn([C@@H](CCCCN)C(=O)C2CCNCC2)nn1. The first-order valence-corrected chi connectivity index (χ1v) is 8.11. The second kappa shape index (κ2) is 8.24. The Morgan fingerprint density at radius 3 is 2.86 bits per heavy atom. The summed E-state index contributed by atoms with van der Waals surface area (Å²) in [5.74, 6) is 0.476. The first-order chi connectivity index (χ1) is 10.3. The number of Topliss-reactive ketones (excluding diaryl/α,β-unsaturated/α-hetero) is 1. The van der Waals surface area contributed by atoms with Gasteiger partial charge in [-0.05, 0) is 58.2 Å². The summed E-state index contributed by atoms with van der Waals surface area (Å²) in [6.07, 6.45) is 7.35. The number of aromatic nitrogens is 3. The lowest BCUT2D eigenvalue weighted by Gasteiger charge is -2.26. The van der Waals surface area contributed by atoms with Crippen molar-refractivity contribution >= 4 is 5.78 Å². The Kier molecular flexibility index (Phi) is 6.32. The molecule has 6 nitrogen and oxygen atoms in total. The van der Waals surface area contributed by atoms with Crippen LogP contribution in [-0.2, 0) is 11.2 Å². The van der Waals surface area contributed by atoms with Crippen LogP contribution in [-0.4, -0.2) is 40.4 Å². The minimum atomic E-state index is -0.174. The Labute approximate surface area is 126 Å². The highest BCUT2D eigenvalue weighted by Gasteiger charge is 2.29. The van der Waals surface area contributed by atoms with E-state index in [0.717, 1.165) is 57.3 Å². The Morgan fingerprint density at radius 2 is 2.24 bits per heavy atom. The van der Waals surface area contributed by atoms with Crippen molar-refractivity contribution in [3.05, 3.63) is 11.9 Å². The number of nitrogens with zero attached hydrogens (tertiary/aromatic N) is 3. The van der Waals surface area contributed by atoms with E-state index < -0.39 is 0 Å². The van der Waals surface area contributed by atoms with E-state index in [1.165, 1.54) is 0 Å². The van der Waals surface area contributed by atoms with Gasteiger partial charge in [0.05, 0.1) is 5.69 Å². The minimum absolute atomic E-state index is 0.156. The summed E-state index contributed by atoms with van der Waals surface area (Å²) in [6, 6.07) is -0.174. The van der Waals surface area contributed by atoms with E-state index in [9.17, 15) is 4.79 Å². The van der Waals surface area contributed by atoms with Crippen molar-refractivity contribution in [2.45, 2.75) is 51.5 Å². The van der Waals surface area contributed by atoms with Crippen molar-refractivity contribution in [2.24, 2.45) is 11.7 Å². The molecule has 3 N–H and O–H groups in total. The lowest BCUT2D eigenvalue weighted by atomic mass is 9.88. The highest BCUT2D eigenvalue weighted by molar-refractivity contribution is 5.85. The second-order valence-corrected chi connectivity index (χ2v) is 5.77. The molecule has 21 heavy (non-hydrogen) atoms. The van der Waals surface area contributed by atoms with Crippen molar-refractivity contribution in [3.8, 4) is 0 Å². The van der Waals surface area contributed by atoms with Gasteiger partial charge < -0.3 is 11.1 Å². The standard InChI is InChI=1S/C15H27N5O/c1-2-13-11-20(19-18-13)14(5-3-4-8-16)15(21)12-6-9-17-10-7-12/h11-12,14,17H,2-10,16H2,1H3/t14-/m0/s1. The van der Waals surface area contributed by atoms with Crippen LogP contribution in [0.3, 0.4) is 0 Å². The van der Waals surface area contributed by atoms with Crippen molar-refractivity contribution in [2.75, 3.05) is 19.6 Å². The Balaban J connectivity index is 2.08. The molecule has 1 aromatic heterocycles. The maximum Gasteiger partial charge on any atom is 0.160 e. The molecule has 0 unspecified atom stereocenters. The largest absolute Gasteiger partial charge is 0.330 e. The number of ketones is 1. The Morgan fingerprint density at radius 1 is 1.48 bits per heavy atom. The molecular formula is C15H27N5O. The van der Waals surface area contributed by atoms with Crippen LogP contribution < -0.4 is 11.1 Å². The number of nitrogens with one attached hydrogen (secondary N) is 1.